The van der Waals surface area contributed by atoms with Gasteiger partial charge in [-0.25, -0.2) is 0 Å². The van der Waals surface area contributed by atoms with Crippen molar-refractivity contribution in [2.24, 2.45) is 5.92 Å². The molecule has 3 heteroatoms. The lowest BCUT2D eigenvalue weighted by molar-refractivity contribution is 0.294. The summed E-state index contributed by atoms with van der Waals surface area (Å²) in [7, 11) is 1.91. The van der Waals surface area contributed by atoms with Gasteiger partial charge < -0.3 is 10.1 Å². The topological polar surface area (TPSA) is 21.3 Å². The SMILES string of the molecule is CNCc1c(Cl)cccc1OCCCC(C)C. The van der Waals surface area contributed by atoms with Crippen LogP contribution >= 0.6 is 11.6 Å². The highest BCUT2D eigenvalue weighted by Gasteiger charge is 2.07. The average molecular weight is 256 g/mol. The predicted molar refractivity (Wildman–Crippen MR) is 73.8 cm³/mol. The first kappa shape index (κ1) is 14.3. The highest BCUT2D eigenvalue weighted by molar-refractivity contribution is 6.31. The van der Waals surface area contributed by atoms with E-state index in [-0.39, 0.29) is 0 Å². The van der Waals surface area contributed by atoms with Gasteiger partial charge in [0.05, 0.1) is 6.61 Å². The maximum absolute atomic E-state index is 6.15. The van der Waals surface area contributed by atoms with Crippen LogP contribution in [-0.4, -0.2) is 13.7 Å². The van der Waals surface area contributed by atoms with E-state index in [1.165, 1.54) is 6.42 Å². The van der Waals surface area contributed by atoms with Crippen LogP contribution in [0.5, 0.6) is 5.75 Å². The van der Waals surface area contributed by atoms with Crippen LogP contribution in [0.1, 0.15) is 32.3 Å². The van der Waals surface area contributed by atoms with E-state index in [4.69, 9.17) is 16.3 Å². The first-order chi connectivity index (χ1) is 8.15. The Labute approximate surface area is 109 Å². The normalized spacial score (nSPS) is 10.9. The smallest absolute Gasteiger partial charge is 0.125 e. The van der Waals surface area contributed by atoms with Gasteiger partial charge in [-0.05, 0) is 37.9 Å². The van der Waals surface area contributed by atoms with E-state index in [1.54, 1.807) is 0 Å². The van der Waals surface area contributed by atoms with Crippen molar-refractivity contribution in [3.05, 3.63) is 28.8 Å². The molecule has 1 aromatic carbocycles. The summed E-state index contributed by atoms with van der Waals surface area (Å²) in [4.78, 5) is 0. The van der Waals surface area contributed by atoms with E-state index in [2.05, 4.69) is 19.2 Å². The molecule has 17 heavy (non-hydrogen) atoms. The van der Waals surface area contributed by atoms with Crippen molar-refractivity contribution in [2.75, 3.05) is 13.7 Å². The molecule has 0 aliphatic rings. The Morgan fingerprint density at radius 1 is 1.35 bits per heavy atom. The van der Waals surface area contributed by atoms with Crippen molar-refractivity contribution in [2.45, 2.75) is 33.2 Å². The molecule has 0 aliphatic carbocycles. The minimum Gasteiger partial charge on any atom is -0.493 e. The van der Waals surface area contributed by atoms with Crippen LogP contribution in [0.3, 0.4) is 0 Å². The van der Waals surface area contributed by atoms with Gasteiger partial charge in [-0.15, -0.1) is 0 Å². The quantitative estimate of drug-likeness (QED) is 0.747. The second-order valence-electron chi connectivity index (χ2n) is 4.63. The lowest BCUT2D eigenvalue weighted by Gasteiger charge is -2.13. The molecule has 1 aromatic rings. The molecular formula is C14H22ClNO. The molecule has 0 bridgehead atoms. The maximum atomic E-state index is 6.15. The summed E-state index contributed by atoms with van der Waals surface area (Å²) in [5.74, 6) is 1.63. The monoisotopic (exact) mass is 255 g/mol. The fourth-order valence-corrected chi connectivity index (χ4v) is 1.93. The number of ether oxygens (including phenoxy) is 1. The third kappa shape index (κ3) is 4.97. The Kier molecular flexibility index (Phi) is 6.38. The summed E-state index contributed by atoms with van der Waals surface area (Å²) in [5.41, 5.74) is 1.04. The number of rotatable bonds is 7. The molecule has 0 fully saturated rings. The molecule has 0 amide bonds. The van der Waals surface area contributed by atoms with Crippen LogP contribution in [0, 0.1) is 5.92 Å². The van der Waals surface area contributed by atoms with Gasteiger partial charge in [0.25, 0.3) is 0 Å². The van der Waals surface area contributed by atoms with E-state index in [0.29, 0.717) is 0 Å². The second kappa shape index (κ2) is 7.57. The summed E-state index contributed by atoms with van der Waals surface area (Å²) in [6.45, 7) is 5.95. The summed E-state index contributed by atoms with van der Waals surface area (Å²) >= 11 is 6.15. The third-order valence-electron chi connectivity index (χ3n) is 2.61. The van der Waals surface area contributed by atoms with Crippen LogP contribution in [0.2, 0.25) is 5.02 Å². The zero-order valence-corrected chi connectivity index (χ0v) is 11.7. The minimum atomic E-state index is 0.731. The molecule has 0 heterocycles. The van der Waals surface area contributed by atoms with Crippen LogP contribution in [0.25, 0.3) is 0 Å². The van der Waals surface area contributed by atoms with Crippen molar-refractivity contribution < 1.29 is 4.74 Å². The van der Waals surface area contributed by atoms with E-state index in [1.807, 2.05) is 25.2 Å². The molecule has 0 aromatic heterocycles. The fourth-order valence-electron chi connectivity index (χ4n) is 1.70. The highest BCUT2D eigenvalue weighted by atomic mass is 35.5. The lowest BCUT2D eigenvalue weighted by Crippen LogP contribution is -2.09. The molecule has 1 rings (SSSR count). The van der Waals surface area contributed by atoms with Gasteiger partial charge in [-0.2, -0.15) is 0 Å². The van der Waals surface area contributed by atoms with E-state index >= 15 is 0 Å². The number of halogens is 1. The standard InChI is InChI=1S/C14H22ClNO/c1-11(2)6-5-9-17-14-8-4-7-13(15)12(14)10-16-3/h4,7-8,11,16H,5-6,9-10H2,1-3H3. The number of hydrogen-bond acceptors (Lipinski definition) is 2. The minimum absolute atomic E-state index is 0.731. The van der Waals surface area contributed by atoms with E-state index in [9.17, 15) is 0 Å². The molecule has 0 spiro atoms. The number of nitrogens with one attached hydrogen (secondary N) is 1. The van der Waals surface area contributed by atoms with Crippen LogP contribution in [0.15, 0.2) is 18.2 Å². The molecule has 0 aliphatic heterocycles. The summed E-state index contributed by atoms with van der Waals surface area (Å²) in [6.07, 6.45) is 2.28. The largest absolute Gasteiger partial charge is 0.493 e. The van der Waals surface area contributed by atoms with Crippen molar-refractivity contribution in [1.82, 2.24) is 5.32 Å². The van der Waals surface area contributed by atoms with Crippen molar-refractivity contribution in [3.8, 4) is 5.75 Å². The Hall–Kier alpha value is -0.730. The van der Waals surface area contributed by atoms with Gasteiger partial charge in [-0.1, -0.05) is 31.5 Å². The van der Waals surface area contributed by atoms with Gasteiger partial charge >= 0.3 is 0 Å². The molecule has 0 saturated carbocycles. The molecule has 96 valence electrons. The first-order valence-electron chi connectivity index (χ1n) is 6.20. The van der Waals surface area contributed by atoms with E-state index < -0.39 is 0 Å². The summed E-state index contributed by atoms with van der Waals surface area (Å²) in [6, 6.07) is 5.81. The van der Waals surface area contributed by atoms with Crippen molar-refractivity contribution in [3.63, 3.8) is 0 Å². The Morgan fingerprint density at radius 2 is 2.12 bits per heavy atom. The molecule has 0 atom stereocenters. The van der Waals surface area contributed by atoms with Gasteiger partial charge in [0.2, 0.25) is 0 Å². The number of hydrogen-bond donors (Lipinski definition) is 1. The fraction of sp³-hybridized carbons (Fsp3) is 0.571. The molecule has 1 N–H and O–H groups in total. The molecule has 2 nitrogen and oxygen atoms in total. The van der Waals surface area contributed by atoms with Crippen LogP contribution in [0.4, 0.5) is 0 Å². The van der Waals surface area contributed by atoms with E-state index in [0.717, 1.165) is 41.8 Å². The second-order valence-corrected chi connectivity index (χ2v) is 5.04. The summed E-state index contributed by atoms with van der Waals surface area (Å²) in [5, 5.41) is 3.87. The zero-order valence-electron chi connectivity index (χ0n) is 10.9. The van der Waals surface area contributed by atoms with Gasteiger partial charge in [-0.3, -0.25) is 0 Å². The summed E-state index contributed by atoms with van der Waals surface area (Å²) < 4.78 is 5.80. The molecule has 0 radical (unpaired) electrons. The van der Waals surface area contributed by atoms with Crippen molar-refractivity contribution in [1.29, 1.82) is 0 Å². The zero-order chi connectivity index (χ0) is 12.7. The number of benzene rings is 1. The van der Waals surface area contributed by atoms with Crippen molar-refractivity contribution >= 4 is 11.6 Å². The van der Waals surface area contributed by atoms with Gasteiger partial charge in [0, 0.05) is 17.1 Å². The molecular weight excluding hydrogens is 234 g/mol. The highest BCUT2D eigenvalue weighted by Crippen LogP contribution is 2.26. The first-order valence-corrected chi connectivity index (χ1v) is 6.57. The van der Waals surface area contributed by atoms with Crippen LogP contribution < -0.4 is 10.1 Å². The predicted octanol–water partition coefficient (Wildman–Crippen LogP) is 3.87. The maximum Gasteiger partial charge on any atom is 0.125 e. The third-order valence-corrected chi connectivity index (χ3v) is 2.97. The van der Waals surface area contributed by atoms with Gasteiger partial charge in [0.1, 0.15) is 5.75 Å². The molecule has 0 saturated heterocycles. The average Bonchev–Trinajstić information content (AvgIpc) is 2.28. The Balaban J connectivity index is 2.54. The molecule has 0 unspecified atom stereocenters. The van der Waals surface area contributed by atoms with Gasteiger partial charge in [0.15, 0.2) is 0 Å². The Bertz CT molecular complexity index is 339. The lowest BCUT2D eigenvalue weighted by atomic mass is 10.1. The Morgan fingerprint density at radius 3 is 2.76 bits per heavy atom. The van der Waals surface area contributed by atoms with Crippen LogP contribution in [-0.2, 0) is 6.54 Å².